The number of nitrogens with one attached hydrogen (secondary N) is 1. The molecule has 2 aromatic carbocycles. The summed E-state index contributed by atoms with van der Waals surface area (Å²) in [5.74, 6) is 0.164. The minimum Gasteiger partial charge on any atom is -0.349 e. The first-order chi connectivity index (χ1) is 11.6. The molecule has 1 N–H and O–H groups in total. The van der Waals surface area contributed by atoms with Gasteiger partial charge in [0.05, 0.1) is 6.21 Å². The summed E-state index contributed by atoms with van der Waals surface area (Å²) in [6.07, 6.45) is 1.50. The third-order valence-electron chi connectivity index (χ3n) is 3.86. The molecule has 0 unspecified atom stereocenters. The van der Waals surface area contributed by atoms with Crippen LogP contribution in [-0.2, 0) is 0 Å². The van der Waals surface area contributed by atoms with E-state index in [1.165, 1.54) is 23.0 Å². The zero-order chi connectivity index (χ0) is 16.7. The number of benzene rings is 2. The van der Waals surface area contributed by atoms with E-state index in [-0.39, 0.29) is 11.4 Å². The number of fused-ring (bicyclic) bond motifs is 3. The second-order valence-corrected chi connectivity index (χ2v) is 5.47. The lowest BCUT2D eigenvalue weighted by atomic mass is 10.2. The number of halogens is 1. The number of H-pyrrole nitrogens is 1. The summed E-state index contributed by atoms with van der Waals surface area (Å²) in [6, 6.07) is 13.5. The van der Waals surface area contributed by atoms with Crippen molar-refractivity contribution in [2.45, 2.75) is 6.92 Å². The highest BCUT2D eigenvalue weighted by Crippen LogP contribution is 2.21. The second-order valence-electron chi connectivity index (χ2n) is 5.47. The Morgan fingerprint density at radius 2 is 1.92 bits per heavy atom. The molecule has 0 radical (unpaired) electrons. The summed E-state index contributed by atoms with van der Waals surface area (Å²) in [5, 5.41) is 5.10. The van der Waals surface area contributed by atoms with Crippen molar-refractivity contribution in [1.29, 1.82) is 0 Å². The molecule has 6 heteroatoms. The van der Waals surface area contributed by atoms with Gasteiger partial charge in [-0.05, 0) is 30.7 Å². The van der Waals surface area contributed by atoms with Crippen LogP contribution in [0.1, 0.15) is 11.4 Å². The number of aromatic nitrogens is 3. The van der Waals surface area contributed by atoms with Crippen molar-refractivity contribution in [2.24, 2.45) is 5.10 Å². The molecule has 0 aliphatic rings. The molecule has 2 heterocycles. The van der Waals surface area contributed by atoms with Crippen LogP contribution in [0.25, 0.3) is 21.9 Å². The summed E-state index contributed by atoms with van der Waals surface area (Å²) in [7, 11) is 0. The maximum Gasteiger partial charge on any atom is 0.298 e. The maximum absolute atomic E-state index is 12.9. The van der Waals surface area contributed by atoms with Crippen LogP contribution in [0.15, 0.2) is 58.4 Å². The molecule has 0 fully saturated rings. The maximum atomic E-state index is 12.9. The van der Waals surface area contributed by atoms with E-state index < -0.39 is 0 Å². The molecular weight excluding hydrogens is 307 g/mol. The van der Waals surface area contributed by atoms with E-state index in [2.05, 4.69) is 15.1 Å². The SMILES string of the molecule is Cc1nc2c([nH]c3ccccc32)c(=O)n1/N=C\c1ccc(F)cc1. The predicted molar refractivity (Wildman–Crippen MR) is 92.0 cm³/mol. The molecule has 4 rings (SSSR count). The fourth-order valence-corrected chi connectivity index (χ4v) is 2.67. The number of aryl methyl sites for hydroxylation is 1. The van der Waals surface area contributed by atoms with Crippen molar-refractivity contribution in [3.8, 4) is 0 Å². The Morgan fingerprint density at radius 1 is 1.17 bits per heavy atom. The molecule has 0 aliphatic heterocycles. The van der Waals surface area contributed by atoms with Gasteiger partial charge in [-0.3, -0.25) is 4.79 Å². The number of hydrogen-bond donors (Lipinski definition) is 1. The molecular formula is C18H13FN4O. The van der Waals surface area contributed by atoms with E-state index in [9.17, 15) is 9.18 Å². The molecule has 2 aromatic heterocycles. The lowest BCUT2D eigenvalue weighted by Gasteiger charge is -2.03. The van der Waals surface area contributed by atoms with Crippen molar-refractivity contribution in [3.05, 3.63) is 76.1 Å². The molecule has 5 nitrogen and oxygen atoms in total. The van der Waals surface area contributed by atoms with E-state index in [1.807, 2.05) is 24.3 Å². The first-order valence-electron chi connectivity index (χ1n) is 7.43. The highest BCUT2D eigenvalue weighted by atomic mass is 19.1. The normalized spacial score (nSPS) is 11.8. The Labute approximate surface area is 136 Å². The van der Waals surface area contributed by atoms with Gasteiger partial charge in [0, 0.05) is 10.9 Å². The van der Waals surface area contributed by atoms with Gasteiger partial charge in [-0.1, -0.05) is 30.3 Å². The molecule has 24 heavy (non-hydrogen) atoms. The molecule has 118 valence electrons. The van der Waals surface area contributed by atoms with Crippen LogP contribution in [-0.4, -0.2) is 20.9 Å². The predicted octanol–water partition coefficient (Wildman–Crippen LogP) is 3.21. The fraction of sp³-hybridized carbons (Fsp3) is 0.0556. The van der Waals surface area contributed by atoms with Crippen LogP contribution in [0.3, 0.4) is 0 Å². The zero-order valence-electron chi connectivity index (χ0n) is 12.8. The number of aromatic amines is 1. The van der Waals surface area contributed by atoms with Gasteiger partial charge in [-0.15, -0.1) is 0 Å². The number of nitrogens with zero attached hydrogens (tertiary/aromatic N) is 3. The Balaban J connectivity index is 1.88. The number of hydrogen-bond acceptors (Lipinski definition) is 3. The Morgan fingerprint density at radius 3 is 2.71 bits per heavy atom. The third kappa shape index (κ3) is 2.28. The van der Waals surface area contributed by atoms with Crippen LogP contribution in [0.4, 0.5) is 4.39 Å². The smallest absolute Gasteiger partial charge is 0.298 e. The minimum atomic E-state index is -0.318. The highest BCUT2D eigenvalue weighted by molar-refractivity contribution is 6.04. The van der Waals surface area contributed by atoms with E-state index in [1.54, 1.807) is 19.1 Å². The van der Waals surface area contributed by atoms with Crippen molar-refractivity contribution >= 4 is 28.2 Å². The number of rotatable bonds is 2. The molecule has 0 saturated carbocycles. The lowest BCUT2D eigenvalue weighted by Crippen LogP contribution is -2.20. The molecule has 0 amide bonds. The monoisotopic (exact) mass is 320 g/mol. The Kier molecular flexibility index (Phi) is 3.23. The molecule has 0 bridgehead atoms. The first kappa shape index (κ1) is 14.3. The second kappa shape index (κ2) is 5.42. The van der Waals surface area contributed by atoms with E-state index in [0.717, 1.165) is 10.9 Å². The fourth-order valence-electron chi connectivity index (χ4n) is 2.67. The van der Waals surface area contributed by atoms with Crippen LogP contribution in [0, 0.1) is 12.7 Å². The van der Waals surface area contributed by atoms with Crippen LogP contribution in [0.5, 0.6) is 0 Å². The van der Waals surface area contributed by atoms with Crippen molar-refractivity contribution in [1.82, 2.24) is 14.6 Å². The summed E-state index contributed by atoms with van der Waals surface area (Å²) < 4.78 is 14.2. The minimum absolute atomic E-state index is 0.271. The van der Waals surface area contributed by atoms with E-state index in [0.29, 0.717) is 22.4 Å². The molecule has 4 aromatic rings. The summed E-state index contributed by atoms with van der Waals surface area (Å²) in [6.45, 7) is 1.73. The average Bonchev–Trinajstić information content (AvgIpc) is 2.95. The van der Waals surface area contributed by atoms with Crippen molar-refractivity contribution in [2.75, 3.05) is 0 Å². The van der Waals surface area contributed by atoms with Gasteiger partial charge in [0.25, 0.3) is 5.56 Å². The van der Waals surface area contributed by atoms with Crippen LogP contribution in [0.2, 0.25) is 0 Å². The van der Waals surface area contributed by atoms with Gasteiger partial charge in [0.15, 0.2) is 0 Å². The summed E-state index contributed by atoms with van der Waals surface area (Å²) in [5.41, 5.74) is 2.34. The van der Waals surface area contributed by atoms with Crippen molar-refractivity contribution < 1.29 is 4.39 Å². The first-order valence-corrected chi connectivity index (χ1v) is 7.43. The number of para-hydroxylation sites is 1. The topological polar surface area (TPSA) is 63.0 Å². The van der Waals surface area contributed by atoms with Gasteiger partial charge >= 0.3 is 0 Å². The van der Waals surface area contributed by atoms with Crippen LogP contribution >= 0.6 is 0 Å². The van der Waals surface area contributed by atoms with Gasteiger partial charge in [-0.25, -0.2) is 9.37 Å². The molecule has 0 saturated heterocycles. The van der Waals surface area contributed by atoms with Gasteiger partial charge < -0.3 is 4.98 Å². The summed E-state index contributed by atoms with van der Waals surface area (Å²) >= 11 is 0. The summed E-state index contributed by atoms with van der Waals surface area (Å²) in [4.78, 5) is 20.3. The highest BCUT2D eigenvalue weighted by Gasteiger charge is 2.12. The lowest BCUT2D eigenvalue weighted by molar-refractivity contribution is 0.628. The van der Waals surface area contributed by atoms with Crippen molar-refractivity contribution in [3.63, 3.8) is 0 Å². The van der Waals surface area contributed by atoms with Crippen LogP contribution < -0.4 is 5.56 Å². The van der Waals surface area contributed by atoms with Gasteiger partial charge in [0.1, 0.15) is 22.7 Å². The van der Waals surface area contributed by atoms with Gasteiger partial charge in [-0.2, -0.15) is 9.78 Å². The van der Waals surface area contributed by atoms with E-state index in [4.69, 9.17) is 0 Å². The third-order valence-corrected chi connectivity index (χ3v) is 3.86. The average molecular weight is 320 g/mol. The molecule has 0 aliphatic carbocycles. The Hall–Kier alpha value is -3.28. The molecule has 0 atom stereocenters. The standard InChI is InChI=1S/C18H13FN4O/c1-11-21-16-14-4-2-3-5-15(14)22-17(16)18(24)23(11)20-10-12-6-8-13(19)9-7-12/h2-10,22H,1H3/b20-10-. The largest absolute Gasteiger partial charge is 0.349 e. The van der Waals surface area contributed by atoms with E-state index >= 15 is 0 Å². The zero-order valence-corrected chi connectivity index (χ0v) is 12.8. The molecule has 0 spiro atoms. The van der Waals surface area contributed by atoms with Gasteiger partial charge in [0.2, 0.25) is 0 Å². The Bertz CT molecular complexity index is 1140. The quantitative estimate of drug-likeness (QED) is 0.576.